The molecule has 9 atom stereocenters. The largest absolute Gasteiger partial charge is 0.457 e. The molecule has 1 aromatic rings. The monoisotopic (exact) mass is 560 g/mol. The second-order valence-electron chi connectivity index (χ2n) is 12.7. The summed E-state index contributed by atoms with van der Waals surface area (Å²) in [6.45, 7) is 9.05. The van der Waals surface area contributed by atoms with Crippen LogP contribution < -0.4 is 0 Å². The van der Waals surface area contributed by atoms with E-state index >= 15 is 0 Å². The van der Waals surface area contributed by atoms with Crippen molar-refractivity contribution in [2.75, 3.05) is 6.61 Å². The number of carbonyl (C=O) groups is 3. The fourth-order valence-electron chi connectivity index (χ4n) is 9.02. The third-order valence-electron chi connectivity index (χ3n) is 10.8. The van der Waals surface area contributed by atoms with Crippen LogP contribution in [0, 0.1) is 34.5 Å². The van der Waals surface area contributed by atoms with Gasteiger partial charge in [0.05, 0.1) is 18.0 Å². The summed E-state index contributed by atoms with van der Waals surface area (Å²) in [6.07, 6.45) is 5.99. The average Bonchev–Trinajstić information content (AvgIpc) is 3.34. The van der Waals surface area contributed by atoms with E-state index in [-0.39, 0.29) is 47.3 Å². The lowest BCUT2D eigenvalue weighted by atomic mass is 9.45. The number of ketones is 1. The van der Waals surface area contributed by atoms with Crippen molar-refractivity contribution in [1.82, 2.24) is 9.78 Å². The van der Waals surface area contributed by atoms with Crippen LogP contribution >= 0.6 is 11.6 Å². The van der Waals surface area contributed by atoms with E-state index in [4.69, 9.17) is 21.1 Å². The molecule has 0 aromatic carbocycles. The predicted molar refractivity (Wildman–Crippen MR) is 146 cm³/mol. The topological polar surface area (TPSA) is 108 Å². The minimum atomic E-state index is -1.51. The first-order chi connectivity index (χ1) is 18.3. The summed E-state index contributed by atoms with van der Waals surface area (Å²) >= 11 is 7.25. The van der Waals surface area contributed by atoms with Crippen LogP contribution in [0.3, 0.4) is 0 Å². The van der Waals surface area contributed by atoms with Crippen molar-refractivity contribution in [3.63, 3.8) is 0 Å². The van der Waals surface area contributed by atoms with E-state index in [0.717, 1.165) is 17.7 Å². The van der Waals surface area contributed by atoms with Crippen molar-refractivity contribution in [2.45, 2.75) is 90.2 Å². The first-order valence-corrected chi connectivity index (χ1v) is 14.7. The number of allylic oxidation sites excluding steroid dienone is 1. The maximum atomic E-state index is 14.0. The number of carbonyl (C=O) groups excluding carboxylic acids is 3. The van der Waals surface area contributed by atoms with E-state index in [0.29, 0.717) is 19.3 Å². The van der Waals surface area contributed by atoms with Gasteiger partial charge < -0.3 is 14.6 Å². The Bertz CT molecular complexity index is 1230. The van der Waals surface area contributed by atoms with Gasteiger partial charge in [-0.1, -0.05) is 40.2 Å². The number of hydrogen-bond donors (Lipinski definition) is 1. The number of aromatic nitrogens is 2. The number of hydrogen-bond acceptors (Lipinski definition) is 7. The molecule has 9 heteroatoms. The molecule has 1 aromatic heterocycles. The van der Waals surface area contributed by atoms with Gasteiger partial charge in [0.15, 0.2) is 12.2 Å². The zero-order chi connectivity index (χ0) is 28.5. The standard InChI is InChI=1S/C30H41ClN2O6/c1-7-24(36)38-15-23(35)30(39-25(37)8-2)16(3)9-19-26-20(31)10-18-11-21-17(14-32-33(21)6)12-28(18,4)27(26)22(34)13-29(19,30)5/h11,14,16,19-20,22,26-27,34H,7-10,12-13,15H2,1-6H3/t16-,19+,20-,22+,26-,27+,28+,29+,30+/m1/s1. The third kappa shape index (κ3) is 3.95. The molecular formula is C30H41ClN2O6. The molecule has 39 heavy (non-hydrogen) atoms. The van der Waals surface area contributed by atoms with E-state index in [1.807, 2.05) is 31.8 Å². The number of aryl methyl sites for hydroxylation is 1. The Labute approximate surface area is 235 Å². The number of aliphatic hydroxyl groups excluding tert-OH is 1. The van der Waals surface area contributed by atoms with Gasteiger partial charge in [-0.15, -0.1) is 11.6 Å². The van der Waals surface area contributed by atoms with Crippen molar-refractivity contribution in [1.29, 1.82) is 0 Å². The van der Waals surface area contributed by atoms with Crippen molar-refractivity contribution in [2.24, 2.45) is 41.5 Å². The van der Waals surface area contributed by atoms with Gasteiger partial charge in [0.1, 0.15) is 0 Å². The van der Waals surface area contributed by atoms with E-state index in [9.17, 15) is 19.5 Å². The molecular weight excluding hydrogens is 520 g/mol. The smallest absolute Gasteiger partial charge is 0.306 e. The van der Waals surface area contributed by atoms with Gasteiger partial charge in [0.25, 0.3) is 0 Å². The molecule has 4 aliphatic rings. The summed E-state index contributed by atoms with van der Waals surface area (Å²) in [5.74, 6) is -1.97. The summed E-state index contributed by atoms with van der Waals surface area (Å²) < 4.78 is 13.3. The lowest BCUT2D eigenvalue weighted by molar-refractivity contribution is -0.207. The molecule has 1 heterocycles. The quantitative estimate of drug-likeness (QED) is 0.409. The van der Waals surface area contributed by atoms with Gasteiger partial charge in [-0.25, -0.2) is 0 Å². The molecule has 3 saturated carbocycles. The number of nitrogens with zero attached hydrogens (tertiary/aromatic N) is 2. The molecule has 0 amide bonds. The van der Waals surface area contributed by atoms with E-state index < -0.39 is 41.4 Å². The Morgan fingerprint density at radius 1 is 1.21 bits per heavy atom. The fourth-order valence-corrected chi connectivity index (χ4v) is 9.52. The van der Waals surface area contributed by atoms with Crippen molar-refractivity contribution < 1.29 is 29.0 Å². The van der Waals surface area contributed by atoms with Crippen LogP contribution in [-0.2, 0) is 37.3 Å². The van der Waals surface area contributed by atoms with Gasteiger partial charge in [-0.2, -0.15) is 5.10 Å². The fraction of sp³-hybridized carbons (Fsp3) is 0.733. The van der Waals surface area contributed by atoms with Crippen LogP contribution in [0.25, 0.3) is 6.08 Å². The molecule has 0 bridgehead atoms. The number of esters is 2. The van der Waals surface area contributed by atoms with Crippen molar-refractivity contribution in [3.05, 3.63) is 23.0 Å². The molecule has 1 N–H and O–H groups in total. The van der Waals surface area contributed by atoms with Gasteiger partial charge in [-0.05, 0) is 60.5 Å². The molecule has 0 radical (unpaired) electrons. The van der Waals surface area contributed by atoms with Gasteiger partial charge in [0, 0.05) is 36.6 Å². The minimum Gasteiger partial charge on any atom is -0.457 e. The van der Waals surface area contributed by atoms with Crippen LogP contribution in [0.2, 0.25) is 0 Å². The SMILES string of the molecule is CCC(=O)OCC(=O)[C@@]1(OC(=O)CC)[C@H](C)C[C@H]2[C@H]3[C@H]([C@@H](O)C[C@@]21C)[C@@]1(C)Cc2cnn(C)c2C=C1C[C@H]3Cl. The second kappa shape index (κ2) is 9.72. The van der Waals surface area contributed by atoms with E-state index in [2.05, 4.69) is 18.1 Å². The zero-order valence-electron chi connectivity index (χ0n) is 23.8. The number of rotatable bonds is 6. The zero-order valence-corrected chi connectivity index (χ0v) is 24.6. The molecule has 0 saturated heterocycles. The average molecular weight is 561 g/mol. The highest BCUT2D eigenvalue weighted by Gasteiger charge is 2.74. The first kappa shape index (κ1) is 28.3. The van der Waals surface area contributed by atoms with E-state index in [1.165, 1.54) is 5.57 Å². The number of Topliss-reactive ketones (excluding diaryl/α,β-unsaturated/α-hetero) is 1. The summed E-state index contributed by atoms with van der Waals surface area (Å²) in [6, 6.07) is 0. The van der Waals surface area contributed by atoms with Gasteiger partial charge in [0.2, 0.25) is 5.78 Å². The first-order valence-electron chi connectivity index (χ1n) is 14.3. The molecule has 5 rings (SSSR count). The summed E-state index contributed by atoms with van der Waals surface area (Å²) in [5.41, 5.74) is 0.803. The highest BCUT2D eigenvalue weighted by molar-refractivity contribution is 6.21. The normalized spacial score (nSPS) is 40.5. The maximum Gasteiger partial charge on any atom is 0.306 e. The van der Waals surface area contributed by atoms with Crippen molar-refractivity contribution >= 4 is 35.4 Å². The third-order valence-corrected chi connectivity index (χ3v) is 11.2. The maximum absolute atomic E-state index is 14.0. The van der Waals surface area contributed by atoms with Crippen LogP contribution in [-0.4, -0.2) is 56.3 Å². The lowest BCUT2D eigenvalue weighted by Gasteiger charge is -2.61. The number of alkyl halides is 1. The summed E-state index contributed by atoms with van der Waals surface area (Å²) in [4.78, 5) is 38.8. The Hall–Kier alpha value is -2.19. The molecule has 0 unspecified atom stereocenters. The van der Waals surface area contributed by atoms with Crippen LogP contribution in [0.4, 0.5) is 0 Å². The second-order valence-corrected chi connectivity index (χ2v) is 13.3. The Morgan fingerprint density at radius 3 is 2.56 bits per heavy atom. The van der Waals surface area contributed by atoms with Crippen LogP contribution in [0.15, 0.2) is 11.8 Å². The minimum absolute atomic E-state index is 0.0625. The Morgan fingerprint density at radius 2 is 1.90 bits per heavy atom. The highest BCUT2D eigenvalue weighted by Crippen LogP contribution is 2.70. The summed E-state index contributed by atoms with van der Waals surface area (Å²) in [7, 11) is 1.94. The number of fused-ring (bicyclic) bond motifs is 6. The molecule has 0 aliphatic heterocycles. The Kier molecular flexibility index (Phi) is 7.06. The van der Waals surface area contributed by atoms with E-state index in [1.54, 1.807) is 13.8 Å². The number of aliphatic hydroxyl groups is 1. The molecule has 0 spiro atoms. The van der Waals surface area contributed by atoms with Crippen molar-refractivity contribution in [3.8, 4) is 0 Å². The summed E-state index contributed by atoms with van der Waals surface area (Å²) in [5, 5.41) is 16.2. The number of halogens is 1. The highest BCUT2D eigenvalue weighted by atomic mass is 35.5. The molecule has 3 fully saturated rings. The molecule has 214 valence electrons. The van der Waals surface area contributed by atoms with Gasteiger partial charge >= 0.3 is 11.9 Å². The predicted octanol–water partition coefficient (Wildman–Crippen LogP) is 4.25. The lowest BCUT2D eigenvalue weighted by Crippen LogP contribution is -2.66. The molecule has 8 nitrogen and oxygen atoms in total. The van der Waals surface area contributed by atoms with Crippen LogP contribution in [0.1, 0.15) is 78.0 Å². The molecule has 4 aliphatic carbocycles. The number of ether oxygens (including phenoxy) is 2. The van der Waals surface area contributed by atoms with Crippen LogP contribution in [0.5, 0.6) is 0 Å². The van der Waals surface area contributed by atoms with Gasteiger partial charge in [-0.3, -0.25) is 19.1 Å². The Balaban J connectivity index is 1.57.